The summed E-state index contributed by atoms with van der Waals surface area (Å²) in [6, 6.07) is -1.72. The Kier molecular flexibility index (Phi) is 19.3. The number of aliphatic hydroxyl groups excluding tert-OH is 1. The number of carboxylic acid groups (broad SMARTS) is 3. The number of hydrogen-bond donors (Lipinski definition) is 8. The Balaban J connectivity index is 0.000000610. The zero-order chi connectivity index (χ0) is 43.2. The number of ketones is 1. The van der Waals surface area contributed by atoms with E-state index in [4.69, 9.17) is 41.2 Å². The second kappa shape index (κ2) is 21.8. The van der Waals surface area contributed by atoms with Crippen molar-refractivity contribution < 1.29 is 88.7 Å². The highest BCUT2D eigenvalue weighted by molar-refractivity contribution is 5.97. The zero-order valence-electron chi connectivity index (χ0n) is 29.4. The van der Waals surface area contributed by atoms with Crippen LogP contribution in [0.2, 0.25) is 0 Å². The lowest BCUT2D eigenvalue weighted by atomic mass is 9.71. The van der Waals surface area contributed by atoms with Crippen molar-refractivity contribution in [2.45, 2.75) is 94.5 Å². The Morgan fingerprint density at radius 3 is 1.66 bits per heavy atom. The Labute approximate surface area is 312 Å². The zero-order valence-corrected chi connectivity index (χ0v) is 29.4. The molecule has 56 heavy (non-hydrogen) atoms. The van der Waals surface area contributed by atoms with Gasteiger partial charge in [0.25, 0.3) is 0 Å². The lowest BCUT2D eigenvalue weighted by Gasteiger charge is -2.43. The number of hydrogen-bond acceptors (Lipinski definition) is 11. The molecule has 4 aliphatic rings. The minimum Gasteiger partial charge on any atom is -0.475 e. The van der Waals surface area contributed by atoms with Crippen molar-refractivity contribution in [2.24, 2.45) is 35.1 Å². The third-order valence-corrected chi connectivity index (χ3v) is 9.08. The average molecular weight is 831 g/mol. The maximum Gasteiger partial charge on any atom is 0.490 e. The second-order valence-corrected chi connectivity index (χ2v) is 13.1. The third kappa shape index (κ3) is 17.2. The fourth-order valence-electron chi connectivity index (χ4n) is 6.32. The van der Waals surface area contributed by atoms with Gasteiger partial charge in [-0.05, 0) is 50.6 Å². The van der Waals surface area contributed by atoms with Crippen LogP contribution in [0.15, 0.2) is 12.5 Å². The van der Waals surface area contributed by atoms with Crippen molar-refractivity contribution in [3.05, 3.63) is 18.2 Å². The number of aliphatic hydroxyl groups is 1. The van der Waals surface area contributed by atoms with Crippen LogP contribution in [0, 0.1) is 23.7 Å². The first-order valence-corrected chi connectivity index (χ1v) is 16.8. The monoisotopic (exact) mass is 830 g/mol. The molecule has 3 unspecified atom stereocenters. The molecule has 1 saturated carbocycles. The molecule has 16 nitrogen and oxygen atoms in total. The molecule has 0 spiro atoms. The molecule has 3 saturated heterocycles. The minimum absolute atomic E-state index is 0.0187. The highest BCUT2D eigenvalue weighted by Gasteiger charge is 2.42. The van der Waals surface area contributed by atoms with E-state index in [-0.39, 0.29) is 29.9 Å². The topological polar surface area (TPSA) is 279 Å². The number of nitrogens with one attached hydrogen (secondary N) is 2. The smallest absolute Gasteiger partial charge is 0.475 e. The van der Waals surface area contributed by atoms with Crippen LogP contribution in [-0.4, -0.2) is 127 Å². The number of fused-ring (bicyclic) bond motifs is 3. The molecule has 10 N–H and O–H groups in total. The molecule has 4 fully saturated rings. The number of nitrogens with zero attached hydrogens (tertiary/aromatic N) is 2. The summed E-state index contributed by atoms with van der Waals surface area (Å²) in [4.78, 5) is 74.7. The van der Waals surface area contributed by atoms with Gasteiger partial charge in [-0.3, -0.25) is 19.7 Å². The number of nitrogens with two attached hydrogens (primary N) is 2. The molecule has 1 aromatic heterocycles. The van der Waals surface area contributed by atoms with E-state index in [1.807, 2.05) is 0 Å². The van der Waals surface area contributed by atoms with Gasteiger partial charge < -0.3 is 41.8 Å². The quantitative estimate of drug-likeness (QED) is 0.157. The minimum atomic E-state index is -5.08. The Hall–Kier alpha value is -4.36. The lowest BCUT2D eigenvalue weighted by molar-refractivity contribution is -0.193. The van der Waals surface area contributed by atoms with Crippen LogP contribution in [0.25, 0.3) is 0 Å². The van der Waals surface area contributed by atoms with Crippen LogP contribution in [0.3, 0.4) is 0 Å². The van der Waals surface area contributed by atoms with Gasteiger partial charge in [-0.25, -0.2) is 19.4 Å². The van der Waals surface area contributed by atoms with E-state index in [0.29, 0.717) is 18.9 Å². The number of aromatic amines is 1. The maximum atomic E-state index is 13.4. The summed E-state index contributed by atoms with van der Waals surface area (Å²) in [5.74, 6) is -9.79. The number of rotatable bonds is 10. The van der Waals surface area contributed by atoms with Crippen molar-refractivity contribution in [1.29, 1.82) is 0 Å². The molecule has 5 rings (SSSR count). The highest BCUT2D eigenvalue weighted by atomic mass is 19.4. The molecule has 3 aliphatic heterocycles. The largest absolute Gasteiger partial charge is 0.490 e. The maximum absolute atomic E-state index is 13.4. The molecule has 25 heteroatoms. The van der Waals surface area contributed by atoms with Gasteiger partial charge in [-0.1, -0.05) is 19.3 Å². The number of imide groups is 1. The van der Waals surface area contributed by atoms with E-state index in [1.54, 1.807) is 6.20 Å². The van der Waals surface area contributed by atoms with E-state index in [2.05, 4.69) is 20.2 Å². The first-order valence-electron chi connectivity index (χ1n) is 16.8. The summed E-state index contributed by atoms with van der Waals surface area (Å²) in [5.41, 5.74) is 13.5. The summed E-state index contributed by atoms with van der Waals surface area (Å²) < 4.78 is 95.2. The SMILES string of the molecule is NC(C(O)CC(=O)NC(=O)[C@@H]1CN2CCC1CC2)C(C(=O)[C@@H](N)Cc1cnc[nH]1)C1CCCCC1.O=C(O)C(F)(F)F.O=C(O)C(F)(F)F.O=C(O)C(F)(F)F. The van der Waals surface area contributed by atoms with Crippen molar-refractivity contribution in [3.63, 3.8) is 0 Å². The fraction of sp³-hybridized carbons (Fsp3) is 0.710. The molecule has 4 heterocycles. The summed E-state index contributed by atoms with van der Waals surface area (Å²) in [5, 5.41) is 34.7. The van der Waals surface area contributed by atoms with Crippen molar-refractivity contribution in [2.75, 3.05) is 19.6 Å². The Bertz CT molecular complexity index is 1390. The Morgan fingerprint density at radius 2 is 1.29 bits per heavy atom. The number of piperidine rings is 3. The molecule has 0 radical (unpaired) electrons. The number of carbonyl (C=O) groups is 6. The molecule has 5 atom stereocenters. The number of Topliss-reactive ketones (excluding diaryl/α,β-unsaturated/α-hetero) is 1. The molecule has 0 aromatic carbocycles. The summed E-state index contributed by atoms with van der Waals surface area (Å²) in [6.07, 6.45) is -6.58. The second-order valence-electron chi connectivity index (χ2n) is 13.1. The van der Waals surface area contributed by atoms with Gasteiger partial charge in [-0.15, -0.1) is 0 Å². The number of alkyl halides is 9. The predicted molar refractivity (Wildman–Crippen MR) is 171 cm³/mol. The van der Waals surface area contributed by atoms with E-state index in [9.17, 15) is 59.0 Å². The highest BCUT2D eigenvalue weighted by Crippen LogP contribution is 2.35. The first kappa shape index (κ1) is 49.7. The van der Waals surface area contributed by atoms with Crippen LogP contribution >= 0.6 is 0 Å². The molecular formula is C31H43F9N6O10. The standard InChI is InChI=1S/C25H40N6O4.3C2HF3O2/c26-19(10-17-12-28-14-29-17)24(34)22(16-4-2-1-3-5-16)23(27)20(32)11-21(33)30-25(35)18-13-31-8-6-15(18)7-9-31;3*3-2(4,5)1(6)7/h12,14-16,18-20,22-23,32H,1-11,13,26-27H2,(H,28,29)(H,30,33,35);3*(H,6,7)/t18-,19+,20?,22?,23?;;;/m1.../s1. The number of carboxylic acids is 3. The normalized spacial score (nSPS) is 21.8. The molecule has 320 valence electrons. The van der Waals surface area contributed by atoms with Crippen LogP contribution in [-0.2, 0) is 35.2 Å². The molecular weight excluding hydrogens is 787 g/mol. The van der Waals surface area contributed by atoms with Crippen molar-refractivity contribution in [3.8, 4) is 0 Å². The summed E-state index contributed by atoms with van der Waals surface area (Å²) in [6.45, 7) is 2.70. The van der Waals surface area contributed by atoms with Crippen LogP contribution in [0.1, 0.15) is 57.1 Å². The van der Waals surface area contributed by atoms with Gasteiger partial charge >= 0.3 is 36.4 Å². The molecule has 1 aromatic rings. The van der Waals surface area contributed by atoms with Gasteiger partial charge in [-0.2, -0.15) is 39.5 Å². The number of carbonyl (C=O) groups excluding carboxylic acids is 3. The van der Waals surface area contributed by atoms with Crippen LogP contribution in [0.5, 0.6) is 0 Å². The van der Waals surface area contributed by atoms with Gasteiger partial charge in [0.2, 0.25) is 11.8 Å². The molecule has 2 amide bonds. The van der Waals surface area contributed by atoms with E-state index in [0.717, 1.165) is 63.7 Å². The summed E-state index contributed by atoms with van der Waals surface area (Å²) in [7, 11) is 0. The van der Waals surface area contributed by atoms with Crippen LogP contribution < -0.4 is 16.8 Å². The predicted octanol–water partition coefficient (Wildman–Crippen LogP) is 2.01. The lowest BCUT2D eigenvalue weighted by Crippen LogP contribution is -2.55. The third-order valence-electron chi connectivity index (χ3n) is 9.08. The number of amides is 2. The summed E-state index contributed by atoms with van der Waals surface area (Å²) >= 11 is 0. The van der Waals surface area contributed by atoms with Gasteiger partial charge in [0.15, 0.2) is 5.78 Å². The van der Waals surface area contributed by atoms with Crippen LogP contribution in [0.4, 0.5) is 39.5 Å². The number of aromatic nitrogens is 2. The van der Waals surface area contributed by atoms with Gasteiger partial charge in [0.1, 0.15) is 0 Å². The Morgan fingerprint density at radius 1 is 0.821 bits per heavy atom. The van der Waals surface area contributed by atoms with Crippen molar-refractivity contribution in [1.82, 2.24) is 20.2 Å². The molecule has 1 aliphatic carbocycles. The van der Waals surface area contributed by atoms with Gasteiger partial charge in [0, 0.05) is 36.8 Å². The fourth-order valence-corrected chi connectivity index (χ4v) is 6.32. The van der Waals surface area contributed by atoms with E-state index in [1.165, 1.54) is 6.33 Å². The number of aliphatic carboxylic acids is 3. The van der Waals surface area contributed by atoms with E-state index >= 15 is 0 Å². The van der Waals surface area contributed by atoms with Crippen molar-refractivity contribution >= 4 is 35.5 Å². The first-order chi connectivity index (χ1) is 25.7. The number of imidazole rings is 1. The van der Waals surface area contributed by atoms with Gasteiger partial charge in [0.05, 0.1) is 30.8 Å². The number of halogens is 9. The molecule has 2 bridgehead atoms. The number of H-pyrrole nitrogens is 1. The average Bonchev–Trinajstić information content (AvgIpc) is 3.61. The van der Waals surface area contributed by atoms with E-state index < -0.39 is 66.4 Å².